The summed E-state index contributed by atoms with van der Waals surface area (Å²) in [5, 5.41) is 8.98. The molecule has 100 valence electrons. The Balaban J connectivity index is 3.22. The van der Waals surface area contributed by atoms with E-state index < -0.39 is 17.3 Å². The summed E-state index contributed by atoms with van der Waals surface area (Å²) in [5.41, 5.74) is -0.160. The molecule has 0 amide bonds. The van der Waals surface area contributed by atoms with Gasteiger partial charge in [-0.1, -0.05) is 6.07 Å². The molecule has 0 aliphatic rings. The molecule has 0 heterocycles. The Bertz CT molecular complexity index is 448. The van der Waals surface area contributed by atoms with Crippen LogP contribution in [0.1, 0.15) is 18.9 Å². The monoisotopic (exact) mass is 255 g/mol. The van der Waals surface area contributed by atoms with Crippen LogP contribution in [0.25, 0.3) is 0 Å². The SMILES string of the molecule is COc1ccc(C(C)(CC(=O)O)N(C)C)cc1F. The van der Waals surface area contributed by atoms with Gasteiger partial charge in [-0.3, -0.25) is 9.69 Å². The maximum atomic E-state index is 13.7. The first-order valence-electron chi connectivity index (χ1n) is 5.54. The van der Waals surface area contributed by atoms with Crippen molar-refractivity contribution in [2.75, 3.05) is 21.2 Å². The lowest BCUT2D eigenvalue weighted by Crippen LogP contribution is -2.40. The van der Waals surface area contributed by atoms with E-state index in [-0.39, 0.29) is 12.2 Å². The van der Waals surface area contributed by atoms with Crippen LogP contribution in [0.5, 0.6) is 5.75 Å². The van der Waals surface area contributed by atoms with E-state index in [1.807, 2.05) is 0 Å². The zero-order chi connectivity index (χ0) is 13.9. The number of benzene rings is 1. The number of hydrogen-bond donors (Lipinski definition) is 1. The fourth-order valence-corrected chi connectivity index (χ4v) is 1.81. The van der Waals surface area contributed by atoms with E-state index in [0.29, 0.717) is 5.56 Å². The van der Waals surface area contributed by atoms with Crippen LogP contribution >= 0.6 is 0 Å². The molecule has 1 N–H and O–H groups in total. The van der Waals surface area contributed by atoms with Crippen molar-refractivity contribution in [3.63, 3.8) is 0 Å². The molecule has 1 atom stereocenters. The third-order valence-corrected chi connectivity index (χ3v) is 3.26. The second kappa shape index (κ2) is 5.35. The minimum absolute atomic E-state index is 0.105. The lowest BCUT2D eigenvalue weighted by Gasteiger charge is -2.35. The third kappa shape index (κ3) is 2.79. The second-order valence-corrected chi connectivity index (χ2v) is 4.59. The van der Waals surface area contributed by atoms with E-state index in [1.165, 1.54) is 19.2 Å². The largest absolute Gasteiger partial charge is 0.494 e. The van der Waals surface area contributed by atoms with E-state index in [2.05, 4.69) is 0 Å². The highest BCUT2D eigenvalue weighted by molar-refractivity contribution is 5.68. The molecule has 0 radical (unpaired) electrons. The van der Waals surface area contributed by atoms with Crippen LogP contribution in [0.15, 0.2) is 18.2 Å². The number of nitrogens with zero attached hydrogens (tertiary/aromatic N) is 1. The van der Waals surface area contributed by atoms with Gasteiger partial charge in [0.1, 0.15) is 0 Å². The first-order valence-corrected chi connectivity index (χ1v) is 5.54. The van der Waals surface area contributed by atoms with Gasteiger partial charge in [-0.2, -0.15) is 0 Å². The summed E-state index contributed by atoms with van der Waals surface area (Å²) in [6.45, 7) is 1.77. The highest BCUT2D eigenvalue weighted by Gasteiger charge is 2.32. The van der Waals surface area contributed by atoms with Crippen molar-refractivity contribution < 1.29 is 19.0 Å². The molecule has 0 aliphatic heterocycles. The number of halogens is 1. The van der Waals surface area contributed by atoms with E-state index in [1.54, 1.807) is 32.0 Å². The average Bonchev–Trinajstić information content (AvgIpc) is 2.27. The number of carboxylic acids is 1. The van der Waals surface area contributed by atoms with Gasteiger partial charge in [0.25, 0.3) is 0 Å². The Hall–Kier alpha value is -1.62. The summed E-state index contributed by atoms with van der Waals surface area (Å²) in [6, 6.07) is 4.51. The fraction of sp³-hybridized carbons (Fsp3) is 0.462. The van der Waals surface area contributed by atoms with Crippen LogP contribution in [0.2, 0.25) is 0 Å². The van der Waals surface area contributed by atoms with Crippen molar-refractivity contribution >= 4 is 5.97 Å². The average molecular weight is 255 g/mol. The Kier molecular flexibility index (Phi) is 4.29. The van der Waals surface area contributed by atoms with Crippen LogP contribution in [0.4, 0.5) is 4.39 Å². The molecular weight excluding hydrogens is 237 g/mol. The Morgan fingerprint density at radius 3 is 2.50 bits per heavy atom. The molecule has 4 nitrogen and oxygen atoms in total. The van der Waals surface area contributed by atoms with Crippen LogP contribution in [-0.2, 0) is 10.3 Å². The molecule has 0 aliphatic carbocycles. The molecule has 1 rings (SSSR count). The lowest BCUT2D eigenvalue weighted by atomic mass is 9.87. The van der Waals surface area contributed by atoms with Gasteiger partial charge in [0, 0.05) is 0 Å². The Labute approximate surface area is 106 Å². The normalized spacial score (nSPS) is 14.3. The van der Waals surface area contributed by atoms with Crippen molar-refractivity contribution in [1.29, 1.82) is 0 Å². The van der Waals surface area contributed by atoms with Gasteiger partial charge in [-0.15, -0.1) is 0 Å². The highest BCUT2D eigenvalue weighted by Crippen LogP contribution is 2.32. The minimum Gasteiger partial charge on any atom is -0.494 e. The topological polar surface area (TPSA) is 49.8 Å². The van der Waals surface area contributed by atoms with Crippen molar-refractivity contribution in [3.8, 4) is 5.75 Å². The molecular formula is C13H18FNO3. The van der Waals surface area contributed by atoms with Crippen molar-refractivity contribution in [3.05, 3.63) is 29.6 Å². The van der Waals surface area contributed by atoms with Gasteiger partial charge in [-0.05, 0) is 38.7 Å². The number of rotatable bonds is 5. The molecule has 0 fully saturated rings. The zero-order valence-corrected chi connectivity index (χ0v) is 11.0. The molecule has 1 aromatic carbocycles. The first kappa shape index (κ1) is 14.4. The molecule has 0 saturated heterocycles. The minimum atomic E-state index is -0.928. The summed E-state index contributed by atoms with van der Waals surface area (Å²) >= 11 is 0. The maximum Gasteiger partial charge on any atom is 0.305 e. The Morgan fingerprint density at radius 1 is 1.50 bits per heavy atom. The molecule has 5 heteroatoms. The van der Waals surface area contributed by atoms with Gasteiger partial charge in [0.05, 0.1) is 19.1 Å². The van der Waals surface area contributed by atoms with Gasteiger partial charge >= 0.3 is 5.97 Å². The summed E-state index contributed by atoms with van der Waals surface area (Å²) in [7, 11) is 4.93. The number of methoxy groups -OCH3 is 1. The summed E-state index contributed by atoms with van der Waals surface area (Å²) in [4.78, 5) is 12.7. The van der Waals surface area contributed by atoms with E-state index in [9.17, 15) is 9.18 Å². The van der Waals surface area contributed by atoms with Crippen LogP contribution in [-0.4, -0.2) is 37.2 Å². The molecule has 0 bridgehead atoms. The number of ether oxygens (including phenoxy) is 1. The van der Waals surface area contributed by atoms with Crippen LogP contribution in [0.3, 0.4) is 0 Å². The van der Waals surface area contributed by atoms with Gasteiger partial charge in [0.2, 0.25) is 0 Å². The summed E-state index contributed by atoms with van der Waals surface area (Å²) in [6.07, 6.45) is -0.105. The molecule has 0 aromatic heterocycles. The Morgan fingerprint density at radius 2 is 2.11 bits per heavy atom. The number of hydrogen-bond acceptors (Lipinski definition) is 3. The molecule has 0 saturated carbocycles. The molecule has 0 spiro atoms. The van der Waals surface area contributed by atoms with Crippen molar-refractivity contribution in [2.24, 2.45) is 0 Å². The molecule has 1 unspecified atom stereocenters. The predicted molar refractivity (Wildman–Crippen MR) is 66.2 cm³/mol. The predicted octanol–water partition coefficient (Wildman–Crippen LogP) is 2.09. The second-order valence-electron chi connectivity index (χ2n) is 4.59. The van der Waals surface area contributed by atoms with E-state index >= 15 is 0 Å². The zero-order valence-electron chi connectivity index (χ0n) is 11.0. The number of carbonyl (C=O) groups is 1. The molecule has 1 aromatic rings. The highest BCUT2D eigenvalue weighted by atomic mass is 19.1. The van der Waals surface area contributed by atoms with E-state index in [4.69, 9.17) is 9.84 Å². The van der Waals surface area contributed by atoms with Crippen LogP contribution < -0.4 is 4.74 Å². The number of aliphatic carboxylic acids is 1. The third-order valence-electron chi connectivity index (χ3n) is 3.26. The smallest absolute Gasteiger partial charge is 0.305 e. The van der Waals surface area contributed by atoms with Gasteiger partial charge < -0.3 is 9.84 Å². The maximum absolute atomic E-state index is 13.7. The quantitative estimate of drug-likeness (QED) is 0.875. The van der Waals surface area contributed by atoms with Crippen molar-refractivity contribution in [1.82, 2.24) is 4.90 Å². The van der Waals surface area contributed by atoms with Crippen LogP contribution in [0, 0.1) is 5.82 Å². The standard InChI is InChI=1S/C13H18FNO3/c1-13(15(2)3,8-12(16)17)9-5-6-11(18-4)10(14)7-9/h5-7H,8H2,1-4H3,(H,16,17). The molecule has 18 heavy (non-hydrogen) atoms. The fourth-order valence-electron chi connectivity index (χ4n) is 1.81. The number of carboxylic acid groups (broad SMARTS) is 1. The summed E-state index contributed by atoms with van der Waals surface area (Å²) in [5.74, 6) is -1.27. The van der Waals surface area contributed by atoms with Crippen molar-refractivity contribution in [2.45, 2.75) is 18.9 Å². The lowest BCUT2D eigenvalue weighted by molar-refractivity contribution is -0.140. The first-order chi connectivity index (χ1) is 8.31. The van der Waals surface area contributed by atoms with Gasteiger partial charge in [0.15, 0.2) is 11.6 Å². The summed E-state index contributed by atoms with van der Waals surface area (Å²) < 4.78 is 18.5. The van der Waals surface area contributed by atoms with Gasteiger partial charge in [-0.25, -0.2) is 4.39 Å². The van der Waals surface area contributed by atoms with E-state index in [0.717, 1.165) is 0 Å².